The van der Waals surface area contributed by atoms with Crippen molar-refractivity contribution < 1.29 is 9.59 Å². The zero-order valence-corrected chi connectivity index (χ0v) is 16.0. The normalized spacial score (nSPS) is 10.8. The maximum absolute atomic E-state index is 12.5. The summed E-state index contributed by atoms with van der Waals surface area (Å²) in [4.78, 5) is 24.7. The summed E-state index contributed by atoms with van der Waals surface area (Å²) in [5.41, 5.74) is 2.93. The molecule has 0 atom stereocenters. The molecule has 138 valence electrons. The van der Waals surface area contributed by atoms with Crippen molar-refractivity contribution in [2.45, 2.75) is 40.0 Å². The Hall–Kier alpha value is -2.62. The van der Waals surface area contributed by atoms with E-state index in [1.807, 2.05) is 24.3 Å². The van der Waals surface area contributed by atoms with Crippen LogP contribution in [0.5, 0.6) is 0 Å². The predicted molar refractivity (Wildman–Crippen MR) is 107 cm³/mol. The van der Waals surface area contributed by atoms with Gasteiger partial charge >= 0.3 is 0 Å². The van der Waals surface area contributed by atoms with Gasteiger partial charge in [-0.3, -0.25) is 9.59 Å². The minimum atomic E-state index is -0.223. The van der Waals surface area contributed by atoms with Gasteiger partial charge in [0.25, 0.3) is 11.8 Å². The first-order chi connectivity index (χ1) is 12.4. The zero-order chi connectivity index (χ0) is 19.1. The monoisotopic (exact) mass is 352 g/mol. The fourth-order valence-electron chi connectivity index (χ4n) is 2.53. The Morgan fingerprint density at radius 1 is 0.885 bits per heavy atom. The molecule has 4 heteroatoms. The summed E-state index contributed by atoms with van der Waals surface area (Å²) >= 11 is 0. The van der Waals surface area contributed by atoms with Crippen molar-refractivity contribution in [3.63, 3.8) is 0 Å². The summed E-state index contributed by atoms with van der Waals surface area (Å²) < 4.78 is 0. The van der Waals surface area contributed by atoms with Crippen LogP contribution in [0.1, 0.15) is 66.3 Å². The van der Waals surface area contributed by atoms with Crippen molar-refractivity contribution in [3.05, 3.63) is 65.2 Å². The van der Waals surface area contributed by atoms with Crippen molar-refractivity contribution in [2.24, 2.45) is 5.92 Å². The third kappa shape index (κ3) is 5.73. The van der Waals surface area contributed by atoms with Gasteiger partial charge in [-0.25, -0.2) is 0 Å². The molecule has 0 saturated heterocycles. The molecule has 0 aliphatic rings. The van der Waals surface area contributed by atoms with Crippen LogP contribution in [0.25, 0.3) is 0 Å². The molecule has 26 heavy (non-hydrogen) atoms. The molecule has 0 aromatic heterocycles. The van der Waals surface area contributed by atoms with Crippen LogP contribution < -0.4 is 10.6 Å². The largest absolute Gasteiger partial charge is 0.352 e. The molecule has 0 spiro atoms. The van der Waals surface area contributed by atoms with E-state index in [2.05, 4.69) is 38.3 Å². The molecule has 4 nitrogen and oxygen atoms in total. The van der Waals surface area contributed by atoms with Gasteiger partial charge in [-0.15, -0.1) is 0 Å². The van der Waals surface area contributed by atoms with E-state index in [0.717, 1.165) is 12.1 Å². The maximum Gasteiger partial charge on any atom is 0.255 e. The highest BCUT2D eigenvalue weighted by Gasteiger charge is 2.11. The number of hydrogen-bond acceptors (Lipinski definition) is 2. The fourth-order valence-corrected chi connectivity index (χ4v) is 2.53. The fraction of sp³-hybridized carbons (Fsp3) is 0.364. The minimum Gasteiger partial charge on any atom is -0.352 e. The Kier molecular flexibility index (Phi) is 6.96. The number of benzene rings is 2. The number of nitrogens with one attached hydrogen (secondary N) is 2. The molecule has 0 bridgehead atoms. The highest BCUT2D eigenvalue weighted by atomic mass is 16.2. The highest BCUT2D eigenvalue weighted by molar-refractivity contribution is 6.06. The maximum atomic E-state index is 12.5. The molecular weight excluding hydrogens is 324 g/mol. The van der Waals surface area contributed by atoms with Gasteiger partial charge < -0.3 is 10.6 Å². The molecule has 0 saturated carbocycles. The molecule has 0 aliphatic carbocycles. The van der Waals surface area contributed by atoms with Crippen LogP contribution in [0.3, 0.4) is 0 Å². The Morgan fingerprint density at radius 2 is 1.50 bits per heavy atom. The SMILES string of the molecule is CC(C)CCNC(=O)c1cccc(C(=O)Nc2ccc(C(C)C)cc2)c1. The van der Waals surface area contributed by atoms with Crippen molar-refractivity contribution in [1.82, 2.24) is 5.32 Å². The van der Waals surface area contributed by atoms with Gasteiger partial charge in [-0.05, 0) is 54.2 Å². The number of carbonyl (C=O) groups excluding carboxylic acids is 2. The van der Waals surface area contributed by atoms with Gasteiger partial charge in [0.15, 0.2) is 0 Å². The minimum absolute atomic E-state index is 0.151. The second-order valence-electron chi connectivity index (χ2n) is 7.25. The number of anilines is 1. The molecule has 0 heterocycles. The smallest absolute Gasteiger partial charge is 0.255 e. The molecule has 0 unspecified atom stereocenters. The van der Waals surface area contributed by atoms with Gasteiger partial charge in [-0.2, -0.15) is 0 Å². The lowest BCUT2D eigenvalue weighted by Crippen LogP contribution is -2.25. The molecule has 2 amide bonds. The van der Waals surface area contributed by atoms with Crippen molar-refractivity contribution in [1.29, 1.82) is 0 Å². The molecule has 2 rings (SSSR count). The van der Waals surface area contributed by atoms with Gasteiger partial charge in [0.2, 0.25) is 0 Å². The summed E-state index contributed by atoms with van der Waals surface area (Å²) in [6.07, 6.45) is 0.929. The van der Waals surface area contributed by atoms with E-state index in [9.17, 15) is 9.59 Å². The molecule has 2 aromatic rings. The first-order valence-corrected chi connectivity index (χ1v) is 9.16. The predicted octanol–water partition coefficient (Wildman–Crippen LogP) is 4.84. The summed E-state index contributed by atoms with van der Waals surface area (Å²) in [5, 5.41) is 5.77. The number of rotatable bonds is 7. The average Bonchev–Trinajstić information content (AvgIpc) is 2.62. The zero-order valence-electron chi connectivity index (χ0n) is 16.0. The van der Waals surface area contributed by atoms with Gasteiger partial charge in [0.05, 0.1) is 0 Å². The van der Waals surface area contributed by atoms with Crippen LogP contribution in [0, 0.1) is 5.92 Å². The van der Waals surface area contributed by atoms with Crippen LogP contribution in [0.4, 0.5) is 5.69 Å². The highest BCUT2D eigenvalue weighted by Crippen LogP contribution is 2.18. The van der Waals surface area contributed by atoms with E-state index in [1.54, 1.807) is 24.3 Å². The molecule has 2 aromatic carbocycles. The van der Waals surface area contributed by atoms with Crippen molar-refractivity contribution >= 4 is 17.5 Å². The van der Waals surface area contributed by atoms with Crippen LogP contribution in [-0.4, -0.2) is 18.4 Å². The van der Waals surface area contributed by atoms with Crippen LogP contribution in [0.15, 0.2) is 48.5 Å². The Bertz CT molecular complexity index is 749. The molecule has 2 N–H and O–H groups in total. The van der Waals surface area contributed by atoms with E-state index in [-0.39, 0.29) is 11.8 Å². The lowest BCUT2D eigenvalue weighted by Gasteiger charge is -2.10. The van der Waals surface area contributed by atoms with Crippen molar-refractivity contribution in [3.8, 4) is 0 Å². The summed E-state index contributed by atoms with van der Waals surface area (Å²) in [7, 11) is 0. The van der Waals surface area contributed by atoms with Crippen molar-refractivity contribution in [2.75, 3.05) is 11.9 Å². The number of carbonyl (C=O) groups is 2. The Labute approximate surface area is 156 Å². The lowest BCUT2D eigenvalue weighted by atomic mass is 10.0. The molecule has 0 aliphatic heterocycles. The van der Waals surface area contributed by atoms with E-state index in [0.29, 0.717) is 29.5 Å². The third-order valence-electron chi connectivity index (χ3n) is 4.23. The van der Waals surface area contributed by atoms with E-state index in [4.69, 9.17) is 0 Å². The molecule has 0 radical (unpaired) electrons. The van der Waals surface area contributed by atoms with E-state index >= 15 is 0 Å². The second kappa shape index (κ2) is 9.18. The lowest BCUT2D eigenvalue weighted by molar-refractivity contribution is 0.0952. The van der Waals surface area contributed by atoms with Gasteiger partial charge in [0.1, 0.15) is 0 Å². The summed E-state index contributed by atoms with van der Waals surface area (Å²) in [6.45, 7) is 9.13. The Morgan fingerprint density at radius 3 is 2.08 bits per heavy atom. The van der Waals surface area contributed by atoms with Crippen LogP contribution >= 0.6 is 0 Å². The van der Waals surface area contributed by atoms with Gasteiger partial charge in [-0.1, -0.05) is 45.9 Å². The summed E-state index contributed by atoms with van der Waals surface area (Å²) in [6, 6.07) is 14.6. The van der Waals surface area contributed by atoms with E-state index in [1.165, 1.54) is 5.56 Å². The Balaban J connectivity index is 2.01. The standard InChI is InChI=1S/C22H28N2O2/c1-15(2)12-13-23-21(25)18-6-5-7-19(14-18)22(26)24-20-10-8-17(9-11-20)16(3)4/h5-11,14-16H,12-13H2,1-4H3,(H,23,25)(H,24,26). The average molecular weight is 352 g/mol. The first kappa shape index (κ1) is 19.7. The number of amides is 2. The molecular formula is C22H28N2O2. The number of hydrogen-bond donors (Lipinski definition) is 2. The van der Waals surface area contributed by atoms with Gasteiger partial charge in [0, 0.05) is 23.4 Å². The summed E-state index contributed by atoms with van der Waals surface area (Å²) in [5.74, 6) is 0.612. The quantitative estimate of drug-likeness (QED) is 0.749. The van der Waals surface area contributed by atoms with Crippen LogP contribution in [0.2, 0.25) is 0 Å². The second-order valence-corrected chi connectivity index (χ2v) is 7.25. The van der Waals surface area contributed by atoms with E-state index < -0.39 is 0 Å². The van der Waals surface area contributed by atoms with Crippen LogP contribution in [-0.2, 0) is 0 Å². The topological polar surface area (TPSA) is 58.2 Å². The third-order valence-corrected chi connectivity index (χ3v) is 4.23. The first-order valence-electron chi connectivity index (χ1n) is 9.16. The molecule has 0 fully saturated rings.